The van der Waals surface area contributed by atoms with Crippen LogP contribution in [0.2, 0.25) is 0 Å². The third-order valence-electron chi connectivity index (χ3n) is 4.13. The van der Waals surface area contributed by atoms with Gasteiger partial charge in [0.15, 0.2) is 0 Å². The number of hydrogen-bond acceptors (Lipinski definition) is 2. The number of benzene rings is 1. The van der Waals surface area contributed by atoms with Crippen LogP contribution in [0.4, 0.5) is 5.69 Å². The molecule has 2 N–H and O–H groups in total. The van der Waals surface area contributed by atoms with Crippen molar-refractivity contribution in [3.63, 3.8) is 0 Å². The highest BCUT2D eigenvalue weighted by Gasteiger charge is 2.37. The molecule has 0 spiro atoms. The van der Waals surface area contributed by atoms with Crippen LogP contribution in [-0.4, -0.2) is 18.1 Å². The summed E-state index contributed by atoms with van der Waals surface area (Å²) in [6.45, 7) is 2.14. The number of fused-ring (bicyclic) bond motifs is 1. The van der Waals surface area contributed by atoms with Gasteiger partial charge in [-0.05, 0) is 44.2 Å². The SMILES string of the molecule is CC(N)C1Cc2ccccc2N1C1CCC1. The maximum absolute atomic E-state index is 6.14. The van der Waals surface area contributed by atoms with Crippen LogP contribution in [0.3, 0.4) is 0 Å². The van der Waals surface area contributed by atoms with Crippen LogP contribution in [-0.2, 0) is 6.42 Å². The van der Waals surface area contributed by atoms with Crippen molar-refractivity contribution in [2.24, 2.45) is 5.73 Å². The van der Waals surface area contributed by atoms with Crippen LogP contribution >= 0.6 is 0 Å². The van der Waals surface area contributed by atoms with E-state index in [0.29, 0.717) is 6.04 Å². The molecule has 1 heterocycles. The Hall–Kier alpha value is -1.02. The second kappa shape index (κ2) is 3.77. The molecule has 0 bridgehead atoms. The van der Waals surface area contributed by atoms with Crippen LogP contribution in [0.25, 0.3) is 0 Å². The van der Waals surface area contributed by atoms with Gasteiger partial charge in [0.1, 0.15) is 0 Å². The molecule has 0 amide bonds. The lowest BCUT2D eigenvalue weighted by Crippen LogP contribution is -2.51. The molecule has 2 atom stereocenters. The van der Waals surface area contributed by atoms with Crippen molar-refractivity contribution >= 4 is 5.69 Å². The molecule has 3 rings (SSSR count). The average molecular weight is 216 g/mol. The van der Waals surface area contributed by atoms with Crippen LogP contribution in [0.1, 0.15) is 31.7 Å². The van der Waals surface area contributed by atoms with Gasteiger partial charge in [-0.25, -0.2) is 0 Å². The molecule has 2 aliphatic rings. The number of hydrogen-bond donors (Lipinski definition) is 1. The lowest BCUT2D eigenvalue weighted by Gasteiger charge is -2.42. The summed E-state index contributed by atoms with van der Waals surface area (Å²) in [6, 6.07) is 10.3. The molecule has 1 saturated carbocycles. The molecule has 1 fully saturated rings. The summed E-state index contributed by atoms with van der Waals surface area (Å²) in [4.78, 5) is 2.60. The maximum atomic E-state index is 6.14. The number of nitrogens with two attached hydrogens (primary N) is 1. The van der Waals surface area contributed by atoms with Crippen molar-refractivity contribution in [2.75, 3.05) is 4.90 Å². The van der Waals surface area contributed by atoms with Crippen molar-refractivity contribution < 1.29 is 0 Å². The minimum Gasteiger partial charge on any atom is -0.363 e. The van der Waals surface area contributed by atoms with E-state index in [0.717, 1.165) is 12.5 Å². The van der Waals surface area contributed by atoms with Gasteiger partial charge in [0, 0.05) is 23.8 Å². The van der Waals surface area contributed by atoms with Crippen molar-refractivity contribution in [2.45, 2.75) is 50.7 Å². The fraction of sp³-hybridized carbons (Fsp3) is 0.571. The van der Waals surface area contributed by atoms with Crippen molar-refractivity contribution in [1.82, 2.24) is 0 Å². The van der Waals surface area contributed by atoms with Gasteiger partial charge in [-0.2, -0.15) is 0 Å². The zero-order chi connectivity index (χ0) is 11.1. The summed E-state index contributed by atoms with van der Waals surface area (Å²) in [5, 5.41) is 0. The first-order valence-electron chi connectivity index (χ1n) is 6.39. The van der Waals surface area contributed by atoms with Gasteiger partial charge >= 0.3 is 0 Å². The standard InChI is InChI=1S/C14H20N2/c1-10(15)14-9-11-5-2-3-8-13(11)16(14)12-6-4-7-12/h2-3,5,8,10,12,14H,4,6-7,9,15H2,1H3. The van der Waals surface area contributed by atoms with Crippen LogP contribution < -0.4 is 10.6 Å². The van der Waals surface area contributed by atoms with Crippen LogP contribution in [0.15, 0.2) is 24.3 Å². The summed E-state index contributed by atoms with van der Waals surface area (Å²) >= 11 is 0. The first kappa shape index (κ1) is 10.2. The van der Waals surface area contributed by atoms with Gasteiger partial charge in [-0.1, -0.05) is 18.2 Å². The second-order valence-corrected chi connectivity index (χ2v) is 5.25. The van der Waals surface area contributed by atoms with Crippen molar-refractivity contribution in [3.05, 3.63) is 29.8 Å². The van der Waals surface area contributed by atoms with Crippen molar-refractivity contribution in [1.29, 1.82) is 0 Å². The molecule has 1 aromatic rings. The smallest absolute Gasteiger partial charge is 0.0482 e. The monoisotopic (exact) mass is 216 g/mol. The highest BCUT2D eigenvalue weighted by atomic mass is 15.2. The van der Waals surface area contributed by atoms with Gasteiger partial charge in [0.25, 0.3) is 0 Å². The van der Waals surface area contributed by atoms with Crippen LogP contribution in [0, 0.1) is 0 Å². The molecule has 1 aromatic carbocycles. The average Bonchev–Trinajstić information content (AvgIpc) is 2.56. The Morgan fingerprint density at radius 2 is 2.06 bits per heavy atom. The minimum atomic E-state index is 0.257. The lowest BCUT2D eigenvalue weighted by molar-refractivity contribution is 0.351. The van der Waals surface area contributed by atoms with E-state index in [2.05, 4.69) is 36.1 Å². The summed E-state index contributed by atoms with van der Waals surface area (Å²) in [7, 11) is 0. The predicted molar refractivity (Wildman–Crippen MR) is 67.7 cm³/mol. The van der Waals surface area contributed by atoms with Gasteiger partial charge in [0.05, 0.1) is 0 Å². The van der Waals surface area contributed by atoms with E-state index >= 15 is 0 Å². The highest BCUT2D eigenvalue weighted by Crippen LogP contribution is 2.39. The van der Waals surface area contributed by atoms with E-state index in [1.807, 2.05) is 0 Å². The van der Waals surface area contributed by atoms with E-state index in [9.17, 15) is 0 Å². The topological polar surface area (TPSA) is 29.3 Å². The van der Waals surface area contributed by atoms with E-state index in [1.54, 1.807) is 0 Å². The summed E-state index contributed by atoms with van der Waals surface area (Å²) in [5.74, 6) is 0. The lowest BCUT2D eigenvalue weighted by atomic mass is 9.90. The van der Waals surface area contributed by atoms with Gasteiger partial charge in [0.2, 0.25) is 0 Å². The second-order valence-electron chi connectivity index (χ2n) is 5.25. The zero-order valence-electron chi connectivity index (χ0n) is 9.89. The molecule has 2 unspecified atom stereocenters. The molecule has 0 aromatic heterocycles. The summed E-state index contributed by atoms with van der Waals surface area (Å²) < 4.78 is 0. The molecule has 1 aliphatic carbocycles. The Bertz CT molecular complexity index is 382. The first-order chi connectivity index (χ1) is 7.77. The molecular weight excluding hydrogens is 196 g/mol. The normalized spacial score (nSPS) is 26.4. The number of rotatable bonds is 2. The quantitative estimate of drug-likeness (QED) is 0.822. The van der Waals surface area contributed by atoms with Gasteiger partial charge < -0.3 is 10.6 Å². The van der Waals surface area contributed by atoms with Gasteiger partial charge in [-0.3, -0.25) is 0 Å². The van der Waals surface area contributed by atoms with Gasteiger partial charge in [-0.15, -0.1) is 0 Å². The molecule has 86 valence electrons. The maximum Gasteiger partial charge on any atom is 0.0482 e. The van der Waals surface area contributed by atoms with E-state index in [1.165, 1.54) is 30.5 Å². The largest absolute Gasteiger partial charge is 0.363 e. The molecule has 1 aliphatic heterocycles. The van der Waals surface area contributed by atoms with Crippen LogP contribution in [0.5, 0.6) is 0 Å². The first-order valence-corrected chi connectivity index (χ1v) is 6.39. The van der Waals surface area contributed by atoms with E-state index in [4.69, 9.17) is 5.73 Å². The molecule has 2 heteroatoms. The van der Waals surface area contributed by atoms with E-state index in [-0.39, 0.29) is 6.04 Å². The number of nitrogens with zero attached hydrogens (tertiary/aromatic N) is 1. The minimum absolute atomic E-state index is 0.257. The third-order valence-corrected chi connectivity index (χ3v) is 4.13. The Morgan fingerprint density at radius 1 is 1.31 bits per heavy atom. The Balaban J connectivity index is 1.95. The third kappa shape index (κ3) is 1.44. The predicted octanol–water partition coefficient (Wildman–Crippen LogP) is 2.32. The Morgan fingerprint density at radius 3 is 2.69 bits per heavy atom. The summed E-state index contributed by atoms with van der Waals surface area (Å²) in [5.41, 5.74) is 9.06. The highest BCUT2D eigenvalue weighted by molar-refractivity contribution is 5.61. The van der Waals surface area contributed by atoms with E-state index < -0.39 is 0 Å². The molecule has 0 radical (unpaired) electrons. The molecule has 0 saturated heterocycles. The fourth-order valence-corrected chi connectivity index (χ4v) is 3.01. The Labute approximate surface area is 97.4 Å². The number of anilines is 1. The molecular formula is C14H20N2. The fourth-order valence-electron chi connectivity index (χ4n) is 3.01. The molecule has 16 heavy (non-hydrogen) atoms. The molecule has 2 nitrogen and oxygen atoms in total. The Kier molecular flexibility index (Phi) is 2.40. The van der Waals surface area contributed by atoms with Crippen molar-refractivity contribution in [3.8, 4) is 0 Å². The summed E-state index contributed by atoms with van der Waals surface area (Å²) in [6.07, 6.45) is 5.20. The zero-order valence-corrected chi connectivity index (χ0v) is 9.89. The number of para-hydroxylation sites is 1.